The Morgan fingerprint density at radius 2 is 2.44 bits per heavy atom. The number of hydrogen-bond acceptors (Lipinski definition) is 5. The van der Waals surface area contributed by atoms with Crippen LogP contribution >= 0.6 is 11.8 Å². The Kier molecular flexibility index (Phi) is 3.98. The molecule has 6 heteroatoms. The molecule has 0 aliphatic rings. The summed E-state index contributed by atoms with van der Waals surface area (Å²) in [6, 6.07) is 1.93. The Labute approximate surface area is 98.2 Å². The van der Waals surface area contributed by atoms with Gasteiger partial charge in [0, 0.05) is 31.1 Å². The molecule has 0 aliphatic carbocycles. The van der Waals surface area contributed by atoms with Crippen molar-refractivity contribution >= 4 is 11.8 Å². The van der Waals surface area contributed by atoms with Gasteiger partial charge in [0.1, 0.15) is 0 Å². The molecule has 2 aromatic heterocycles. The molecular formula is C10H14N4OS. The first-order chi connectivity index (χ1) is 7.88. The fourth-order valence-corrected chi connectivity index (χ4v) is 2.00. The first-order valence-electron chi connectivity index (χ1n) is 5.25. The summed E-state index contributed by atoms with van der Waals surface area (Å²) in [5.74, 6) is 3.25. The average molecular weight is 238 g/mol. The number of rotatable bonds is 6. The van der Waals surface area contributed by atoms with E-state index in [9.17, 15) is 0 Å². The van der Waals surface area contributed by atoms with Gasteiger partial charge in [-0.15, -0.1) is 0 Å². The van der Waals surface area contributed by atoms with E-state index in [1.165, 1.54) is 0 Å². The van der Waals surface area contributed by atoms with Crippen LogP contribution in [0.1, 0.15) is 18.6 Å². The van der Waals surface area contributed by atoms with Crippen molar-refractivity contribution in [2.75, 3.05) is 5.75 Å². The monoisotopic (exact) mass is 238 g/mol. The highest BCUT2D eigenvalue weighted by Crippen LogP contribution is 2.10. The molecule has 2 aromatic rings. The zero-order chi connectivity index (χ0) is 11.2. The molecular weight excluding hydrogens is 224 g/mol. The van der Waals surface area contributed by atoms with Crippen molar-refractivity contribution in [3.05, 3.63) is 30.2 Å². The SMILES string of the molecule is CCc1noc(CSCCn2cccn2)n1. The fraction of sp³-hybridized carbons (Fsp3) is 0.500. The molecule has 0 aromatic carbocycles. The molecule has 5 nitrogen and oxygen atoms in total. The molecule has 0 saturated carbocycles. The highest BCUT2D eigenvalue weighted by Gasteiger charge is 2.03. The van der Waals surface area contributed by atoms with E-state index in [1.54, 1.807) is 18.0 Å². The number of aromatic nitrogens is 4. The van der Waals surface area contributed by atoms with Gasteiger partial charge in [0.25, 0.3) is 0 Å². The normalized spacial score (nSPS) is 10.8. The zero-order valence-corrected chi connectivity index (χ0v) is 9.98. The summed E-state index contributed by atoms with van der Waals surface area (Å²) in [4.78, 5) is 4.24. The van der Waals surface area contributed by atoms with Gasteiger partial charge in [-0.05, 0) is 6.07 Å². The van der Waals surface area contributed by atoms with Crippen LogP contribution in [0.2, 0.25) is 0 Å². The van der Waals surface area contributed by atoms with E-state index in [-0.39, 0.29) is 0 Å². The van der Waals surface area contributed by atoms with Crippen LogP contribution in [-0.4, -0.2) is 25.7 Å². The lowest BCUT2D eigenvalue weighted by Crippen LogP contribution is -2.00. The van der Waals surface area contributed by atoms with Crippen LogP contribution in [0.4, 0.5) is 0 Å². The Morgan fingerprint density at radius 3 is 3.12 bits per heavy atom. The summed E-state index contributed by atoms with van der Waals surface area (Å²) < 4.78 is 7.00. The Bertz CT molecular complexity index is 412. The predicted molar refractivity (Wildman–Crippen MR) is 62.1 cm³/mol. The highest BCUT2D eigenvalue weighted by molar-refractivity contribution is 7.98. The Morgan fingerprint density at radius 1 is 1.50 bits per heavy atom. The minimum absolute atomic E-state index is 0.710. The van der Waals surface area contributed by atoms with Gasteiger partial charge in [0.15, 0.2) is 5.82 Å². The van der Waals surface area contributed by atoms with Gasteiger partial charge in [0.2, 0.25) is 5.89 Å². The molecule has 0 atom stereocenters. The lowest BCUT2D eigenvalue weighted by Gasteiger charge is -1.99. The van der Waals surface area contributed by atoms with Gasteiger partial charge >= 0.3 is 0 Å². The largest absolute Gasteiger partial charge is 0.338 e. The lowest BCUT2D eigenvalue weighted by atomic mass is 10.5. The number of aryl methyl sites for hydroxylation is 2. The average Bonchev–Trinajstić information content (AvgIpc) is 2.95. The Hall–Kier alpha value is -1.30. The van der Waals surface area contributed by atoms with Crippen molar-refractivity contribution in [2.45, 2.75) is 25.6 Å². The first kappa shape index (κ1) is 11.2. The van der Waals surface area contributed by atoms with E-state index >= 15 is 0 Å². The highest BCUT2D eigenvalue weighted by atomic mass is 32.2. The first-order valence-corrected chi connectivity index (χ1v) is 6.40. The molecule has 0 bridgehead atoms. The van der Waals surface area contributed by atoms with Crippen molar-refractivity contribution in [3.63, 3.8) is 0 Å². The van der Waals surface area contributed by atoms with Crippen molar-refractivity contribution in [3.8, 4) is 0 Å². The van der Waals surface area contributed by atoms with Gasteiger partial charge in [-0.25, -0.2) is 0 Å². The van der Waals surface area contributed by atoms with Gasteiger partial charge in [-0.1, -0.05) is 12.1 Å². The second-order valence-electron chi connectivity index (χ2n) is 3.28. The van der Waals surface area contributed by atoms with E-state index in [0.29, 0.717) is 5.89 Å². The number of thioether (sulfide) groups is 1. The van der Waals surface area contributed by atoms with Crippen LogP contribution in [0.15, 0.2) is 23.0 Å². The van der Waals surface area contributed by atoms with Crippen LogP contribution in [0, 0.1) is 0 Å². The van der Waals surface area contributed by atoms with Crippen molar-refractivity contribution < 1.29 is 4.52 Å². The summed E-state index contributed by atoms with van der Waals surface area (Å²) in [6.07, 6.45) is 4.57. The van der Waals surface area contributed by atoms with Crippen LogP contribution in [0.25, 0.3) is 0 Å². The van der Waals surface area contributed by atoms with Gasteiger partial charge in [-0.2, -0.15) is 21.8 Å². The van der Waals surface area contributed by atoms with Crippen molar-refractivity contribution in [2.24, 2.45) is 0 Å². The summed E-state index contributed by atoms with van der Waals surface area (Å²) in [5, 5.41) is 7.98. The minimum atomic E-state index is 0.710. The molecule has 0 unspecified atom stereocenters. The summed E-state index contributed by atoms with van der Waals surface area (Å²) in [7, 11) is 0. The summed E-state index contributed by atoms with van der Waals surface area (Å²) >= 11 is 1.77. The second kappa shape index (κ2) is 5.69. The van der Waals surface area contributed by atoms with Crippen LogP contribution in [-0.2, 0) is 18.7 Å². The molecule has 0 N–H and O–H groups in total. The van der Waals surface area contributed by atoms with E-state index in [4.69, 9.17) is 4.52 Å². The zero-order valence-electron chi connectivity index (χ0n) is 9.17. The smallest absolute Gasteiger partial charge is 0.236 e. The number of nitrogens with zero attached hydrogens (tertiary/aromatic N) is 4. The Balaban J connectivity index is 1.68. The summed E-state index contributed by atoms with van der Waals surface area (Å²) in [6.45, 7) is 2.92. The second-order valence-corrected chi connectivity index (χ2v) is 4.38. The maximum atomic E-state index is 5.09. The van der Waals surface area contributed by atoms with E-state index in [0.717, 1.165) is 30.3 Å². The predicted octanol–water partition coefficient (Wildman–Crippen LogP) is 1.76. The standard InChI is InChI=1S/C10H14N4OS/c1-2-9-12-10(15-13-9)8-16-7-6-14-5-3-4-11-14/h3-5H,2,6-8H2,1H3. The van der Waals surface area contributed by atoms with E-state index < -0.39 is 0 Å². The van der Waals surface area contributed by atoms with E-state index in [1.807, 2.05) is 23.9 Å². The molecule has 0 fully saturated rings. The van der Waals surface area contributed by atoms with Gasteiger partial charge < -0.3 is 4.52 Å². The van der Waals surface area contributed by atoms with E-state index in [2.05, 4.69) is 15.2 Å². The lowest BCUT2D eigenvalue weighted by molar-refractivity contribution is 0.385. The molecule has 86 valence electrons. The van der Waals surface area contributed by atoms with Gasteiger partial charge in [-0.3, -0.25) is 4.68 Å². The molecule has 0 amide bonds. The van der Waals surface area contributed by atoms with Crippen molar-refractivity contribution in [1.29, 1.82) is 0 Å². The van der Waals surface area contributed by atoms with Gasteiger partial charge in [0.05, 0.1) is 5.75 Å². The maximum Gasteiger partial charge on any atom is 0.236 e. The van der Waals surface area contributed by atoms with Crippen molar-refractivity contribution in [1.82, 2.24) is 19.9 Å². The van der Waals surface area contributed by atoms with Crippen LogP contribution in [0.5, 0.6) is 0 Å². The molecule has 2 heterocycles. The fourth-order valence-electron chi connectivity index (χ4n) is 1.24. The van der Waals surface area contributed by atoms with Crippen LogP contribution < -0.4 is 0 Å². The van der Waals surface area contributed by atoms with Crippen LogP contribution in [0.3, 0.4) is 0 Å². The molecule has 0 aliphatic heterocycles. The molecule has 0 spiro atoms. The molecule has 0 saturated heterocycles. The third-order valence-electron chi connectivity index (χ3n) is 2.08. The summed E-state index contributed by atoms with van der Waals surface area (Å²) in [5.41, 5.74) is 0. The minimum Gasteiger partial charge on any atom is -0.338 e. The molecule has 2 rings (SSSR count). The topological polar surface area (TPSA) is 56.7 Å². The molecule has 16 heavy (non-hydrogen) atoms. The third kappa shape index (κ3) is 3.10. The quantitative estimate of drug-likeness (QED) is 0.718. The molecule has 0 radical (unpaired) electrons. The third-order valence-corrected chi connectivity index (χ3v) is 3.00. The number of hydrogen-bond donors (Lipinski definition) is 0. The maximum absolute atomic E-state index is 5.09.